The highest BCUT2D eigenvalue weighted by molar-refractivity contribution is 5.92. The maximum atomic E-state index is 9.24. The lowest BCUT2D eigenvalue weighted by Gasteiger charge is -2.11. The van der Waals surface area contributed by atoms with E-state index in [1.54, 1.807) is 6.92 Å². The topological polar surface area (TPSA) is 81.8 Å². The maximum Gasteiger partial charge on any atom is 0.186 e. The molecule has 0 spiro atoms. The molecule has 5 nitrogen and oxygen atoms in total. The highest BCUT2D eigenvalue weighted by Crippen LogP contribution is 2.23. The molecular formula is C13H14N4O. The average Bonchev–Trinajstić information content (AvgIpc) is 2.38. The molecule has 0 saturated heterocycles. The lowest BCUT2D eigenvalue weighted by Crippen LogP contribution is -2.11. The van der Waals surface area contributed by atoms with Crippen molar-refractivity contribution in [2.24, 2.45) is 0 Å². The molecule has 1 atom stereocenters. The lowest BCUT2D eigenvalue weighted by atomic mass is 10.1. The van der Waals surface area contributed by atoms with Gasteiger partial charge in [-0.05, 0) is 19.4 Å². The predicted octanol–water partition coefficient (Wildman–Crippen LogP) is 1.68. The van der Waals surface area contributed by atoms with Crippen molar-refractivity contribution in [2.45, 2.75) is 19.4 Å². The molecule has 1 heterocycles. The van der Waals surface area contributed by atoms with E-state index in [1.807, 2.05) is 30.3 Å². The smallest absolute Gasteiger partial charge is 0.186 e. The van der Waals surface area contributed by atoms with Gasteiger partial charge in [-0.15, -0.1) is 10.2 Å². The first-order valence-corrected chi connectivity index (χ1v) is 5.80. The molecule has 0 aliphatic rings. The molecule has 2 aromatic rings. The zero-order chi connectivity index (χ0) is 13.0. The highest BCUT2D eigenvalue weighted by Gasteiger charge is 2.09. The van der Waals surface area contributed by atoms with Gasteiger partial charge in [-0.25, -0.2) is 0 Å². The van der Waals surface area contributed by atoms with E-state index in [0.717, 1.165) is 10.9 Å². The standard InChI is InChI=1S/C13H14N4O/c1-9(18)6-7-15-13-10-4-2-3-5-11(10)16-17-12(13)8-14/h2-5,9,18H,6-7H2,1H3,(H,15,16). The number of nitrogens with one attached hydrogen (secondary N) is 1. The van der Waals surface area contributed by atoms with Crippen LogP contribution in [0.3, 0.4) is 0 Å². The highest BCUT2D eigenvalue weighted by atomic mass is 16.3. The predicted molar refractivity (Wildman–Crippen MR) is 69.0 cm³/mol. The van der Waals surface area contributed by atoms with Gasteiger partial charge in [0.25, 0.3) is 0 Å². The third kappa shape index (κ3) is 2.55. The van der Waals surface area contributed by atoms with Crippen LogP contribution in [-0.2, 0) is 0 Å². The Kier molecular flexibility index (Phi) is 3.70. The Labute approximate surface area is 105 Å². The summed E-state index contributed by atoms with van der Waals surface area (Å²) in [6.07, 6.45) is 0.241. The molecule has 0 aliphatic carbocycles. The summed E-state index contributed by atoms with van der Waals surface area (Å²) in [6, 6.07) is 9.55. The normalized spacial score (nSPS) is 12.1. The van der Waals surface area contributed by atoms with Crippen LogP contribution in [0.1, 0.15) is 19.0 Å². The zero-order valence-electron chi connectivity index (χ0n) is 10.1. The van der Waals surface area contributed by atoms with Crippen LogP contribution in [0.25, 0.3) is 10.9 Å². The van der Waals surface area contributed by atoms with E-state index in [0.29, 0.717) is 18.7 Å². The van der Waals surface area contributed by atoms with Gasteiger partial charge in [-0.1, -0.05) is 18.2 Å². The van der Waals surface area contributed by atoms with Crippen LogP contribution in [0.15, 0.2) is 24.3 Å². The van der Waals surface area contributed by atoms with Crippen LogP contribution in [0.5, 0.6) is 0 Å². The number of benzene rings is 1. The van der Waals surface area contributed by atoms with Gasteiger partial charge in [-0.2, -0.15) is 5.26 Å². The van der Waals surface area contributed by atoms with Crippen molar-refractivity contribution in [2.75, 3.05) is 11.9 Å². The quantitative estimate of drug-likeness (QED) is 0.852. The van der Waals surface area contributed by atoms with Gasteiger partial charge in [0.05, 0.1) is 17.3 Å². The third-order valence-corrected chi connectivity index (χ3v) is 2.64. The van der Waals surface area contributed by atoms with Crippen LogP contribution in [-0.4, -0.2) is 28.0 Å². The number of anilines is 1. The van der Waals surface area contributed by atoms with E-state index < -0.39 is 0 Å². The molecule has 0 radical (unpaired) electrons. The monoisotopic (exact) mass is 242 g/mol. The molecule has 0 amide bonds. The molecule has 0 saturated carbocycles. The first-order chi connectivity index (χ1) is 8.72. The summed E-state index contributed by atoms with van der Waals surface area (Å²) in [5, 5.41) is 30.2. The van der Waals surface area contributed by atoms with E-state index in [-0.39, 0.29) is 11.8 Å². The van der Waals surface area contributed by atoms with Gasteiger partial charge >= 0.3 is 0 Å². The average molecular weight is 242 g/mol. The molecule has 1 unspecified atom stereocenters. The SMILES string of the molecule is CC(O)CCNc1c(C#N)nnc2ccccc12. The number of aliphatic hydroxyl groups is 1. The summed E-state index contributed by atoms with van der Waals surface area (Å²) in [4.78, 5) is 0. The summed E-state index contributed by atoms with van der Waals surface area (Å²) >= 11 is 0. The summed E-state index contributed by atoms with van der Waals surface area (Å²) in [7, 11) is 0. The fraction of sp³-hybridized carbons (Fsp3) is 0.308. The summed E-state index contributed by atoms with van der Waals surface area (Å²) in [5.74, 6) is 0. The molecule has 1 aromatic heterocycles. The Morgan fingerprint density at radius 2 is 2.17 bits per heavy atom. The van der Waals surface area contributed by atoms with Crippen LogP contribution in [0.2, 0.25) is 0 Å². The summed E-state index contributed by atoms with van der Waals surface area (Å²) in [5.41, 5.74) is 1.71. The molecule has 0 bridgehead atoms. The van der Waals surface area contributed by atoms with Gasteiger partial charge < -0.3 is 10.4 Å². The summed E-state index contributed by atoms with van der Waals surface area (Å²) < 4.78 is 0. The molecular weight excluding hydrogens is 228 g/mol. The van der Waals surface area contributed by atoms with Gasteiger partial charge in [0.1, 0.15) is 6.07 Å². The largest absolute Gasteiger partial charge is 0.393 e. The fourth-order valence-electron chi connectivity index (χ4n) is 1.72. The molecule has 2 N–H and O–H groups in total. The Morgan fingerprint density at radius 1 is 1.39 bits per heavy atom. The number of nitrogens with zero attached hydrogens (tertiary/aromatic N) is 3. The van der Waals surface area contributed by atoms with E-state index in [4.69, 9.17) is 5.26 Å². The Balaban J connectivity index is 2.36. The zero-order valence-corrected chi connectivity index (χ0v) is 10.1. The van der Waals surface area contributed by atoms with Crippen molar-refractivity contribution in [3.05, 3.63) is 30.0 Å². The van der Waals surface area contributed by atoms with Gasteiger partial charge in [-0.3, -0.25) is 0 Å². The molecule has 18 heavy (non-hydrogen) atoms. The number of rotatable bonds is 4. The van der Waals surface area contributed by atoms with Crippen LogP contribution in [0.4, 0.5) is 5.69 Å². The van der Waals surface area contributed by atoms with E-state index in [1.165, 1.54) is 0 Å². The van der Waals surface area contributed by atoms with Crippen molar-refractivity contribution in [3.63, 3.8) is 0 Å². The van der Waals surface area contributed by atoms with Crippen molar-refractivity contribution in [3.8, 4) is 6.07 Å². The number of hydrogen-bond donors (Lipinski definition) is 2. The van der Waals surface area contributed by atoms with Gasteiger partial charge in [0.15, 0.2) is 5.69 Å². The molecule has 0 aliphatic heterocycles. The second kappa shape index (κ2) is 5.43. The molecule has 0 fully saturated rings. The Morgan fingerprint density at radius 3 is 2.89 bits per heavy atom. The number of aromatic nitrogens is 2. The summed E-state index contributed by atoms with van der Waals surface area (Å²) in [6.45, 7) is 2.32. The van der Waals surface area contributed by atoms with Gasteiger partial charge in [0, 0.05) is 11.9 Å². The van der Waals surface area contributed by atoms with E-state index in [9.17, 15) is 5.11 Å². The van der Waals surface area contributed by atoms with E-state index in [2.05, 4.69) is 15.5 Å². The minimum absolute atomic E-state index is 0.277. The third-order valence-electron chi connectivity index (χ3n) is 2.64. The molecule has 2 rings (SSSR count). The van der Waals surface area contributed by atoms with Crippen LogP contribution >= 0.6 is 0 Å². The van der Waals surface area contributed by atoms with Crippen molar-refractivity contribution >= 4 is 16.6 Å². The lowest BCUT2D eigenvalue weighted by molar-refractivity contribution is 0.189. The van der Waals surface area contributed by atoms with Crippen molar-refractivity contribution in [1.29, 1.82) is 5.26 Å². The van der Waals surface area contributed by atoms with Crippen LogP contribution in [0, 0.1) is 11.3 Å². The number of fused-ring (bicyclic) bond motifs is 1. The minimum atomic E-state index is -0.371. The van der Waals surface area contributed by atoms with Crippen molar-refractivity contribution in [1.82, 2.24) is 10.2 Å². The second-order valence-corrected chi connectivity index (χ2v) is 4.12. The first kappa shape index (κ1) is 12.3. The Hall–Kier alpha value is -2.19. The number of nitriles is 1. The molecule has 1 aromatic carbocycles. The number of aliphatic hydroxyl groups excluding tert-OH is 1. The fourth-order valence-corrected chi connectivity index (χ4v) is 1.72. The number of hydrogen-bond acceptors (Lipinski definition) is 5. The minimum Gasteiger partial charge on any atom is -0.393 e. The Bertz CT molecular complexity index is 589. The van der Waals surface area contributed by atoms with Gasteiger partial charge in [0.2, 0.25) is 0 Å². The van der Waals surface area contributed by atoms with Crippen molar-refractivity contribution < 1.29 is 5.11 Å². The van der Waals surface area contributed by atoms with E-state index >= 15 is 0 Å². The molecule has 5 heteroatoms. The second-order valence-electron chi connectivity index (χ2n) is 4.12. The molecule has 92 valence electrons. The first-order valence-electron chi connectivity index (χ1n) is 5.80. The maximum absolute atomic E-state index is 9.24. The van der Waals surface area contributed by atoms with Crippen LogP contribution < -0.4 is 5.32 Å².